The van der Waals surface area contributed by atoms with E-state index in [2.05, 4.69) is 64.1 Å². The molecule has 0 amide bonds. The molecule has 0 aliphatic heterocycles. The van der Waals surface area contributed by atoms with Crippen LogP contribution in [0, 0.1) is 44.4 Å². The lowest BCUT2D eigenvalue weighted by atomic mass is 9.69. The van der Waals surface area contributed by atoms with Crippen molar-refractivity contribution in [2.75, 3.05) is 0 Å². The van der Waals surface area contributed by atoms with Gasteiger partial charge in [0.15, 0.2) is 0 Å². The number of rotatable bonds is 4. The van der Waals surface area contributed by atoms with Crippen molar-refractivity contribution in [2.24, 2.45) is 23.7 Å². The second-order valence-corrected chi connectivity index (χ2v) is 10.4. The van der Waals surface area contributed by atoms with E-state index < -0.39 is 0 Å². The molecule has 2 aliphatic carbocycles. The molecule has 2 saturated carbocycles. The molecule has 2 aliphatic rings. The molecule has 0 radical (unpaired) electrons. The molecule has 2 aromatic carbocycles. The van der Waals surface area contributed by atoms with Crippen molar-refractivity contribution < 1.29 is 0 Å². The highest BCUT2D eigenvalue weighted by Crippen LogP contribution is 2.42. The minimum atomic E-state index is 0.906. The van der Waals surface area contributed by atoms with Crippen LogP contribution in [0.3, 0.4) is 0 Å². The zero-order valence-electron chi connectivity index (χ0n) is 19.1. The Balaban J connectivity index is 1.32. The van der Waals surface area contributed by atoms with Crippen LogP contribution in [0.4, 0.5) is 0 Å². The van der Waals surface area contributed by atoms with Gasteiger partial charge in [-0.2, -0.15) is 0 Å². The van der Waals surface area contributed by atoms with Crippen LogP contribution < -0.4 is 0 Å². The number of hydrogen-bond acceptors (Lipinski definition) is 0. The molecule has 0 saturated heterocycles. The minimum absolute atomic E-state index is 0.906. The predicted molar refractivity (Wildman–Crippen MR) is 126 cm³/mol. The zero-order valence-corrected chi connectivity index (χ0v) is 19.1. The van der Waals surface area contributed by atoms with Gasteiger partial charge in [-0.05, 0) is 123 Å². The third kappa shape index (κ3) is 4.96. The molecule has 0 N–H and O–H groups in total. The van der Waals surface area contributed by atoms with E-state index >= 15 is 0 Å². The van der Waals surface area contributed by atoms with E-state index in [1.807, 2.05) is 0 Å². The van der Waals surface area contributed by atoms with E-state index in [9.17, 15) is 0 Å². The van der Waals surface area contributed by atoms with Gasteiger partial charge in [0, 0.05) is 0 Å². The first-order valence-corrected chi connectivity index (χ1v) is 12.2. The average Bonchev–Trinajstić information content (AvgIpc) is 2.73. The SMILES string of the molecule is Cc1cc(-c2ccc(CC3CCC(C4CCC(C)CC4)CC3)cc2)cc(C)c1C. The zero-order chi connectivity index (χ0) is 20.4. The van der Waals surface area contributed by atoms with E-state index in [4.69, 9.17) is 0 Å². The van der Waals surface area contributed by atoms with Crippen LogP contribution in [-0.2, 0) is 6.42 Å². The van der Waals surface area contributed by atoms with Crippen molar-refractivity contribution in [3.05, 3.63) is 58.7 Å². The Morgan fingerprint density at radius 3 is 1.72 bits per heavy atom. The first-order valence-electron chi connectivity index (χ1n) is 12.2. The van der Waals surface area contributed by atoms with Gasteiger partial charge in [0.1, 0.15) is 0 Å². The molecular formula is C29H40. The van der Waals surface area contributed by atoms with Gasteiger partial charge < -0.3 is 0 Å². The third-order valence-electron chi connectivity index (χ3n) is 8.36. The van der Waals surface area contributed by atoms with E-state index in [0.29, 0.717) is 0 Å². The van der Waals surface area contributed by atoms with Crippen molar-refractivity contribution in [1.29, 1.82) is 0 Å². The molecule has 156 valence electrons. The number of aryl methyl sites for hydroxylation is 2. The molecule has 29 heavy (non-hydrogen) atoms. The molecule has 4 rings (SSSR count). The Bertz CT molecular complexity index is 773. The number of benzene rings is 2. The van der Waals surface area contributed by atoms with Gasteiger partial charge >= 0.3 is 0 Å². The molecule has 2 fully saturated rings. The summed E-state index contributed by atoms with van der Waals surface area (Å²) in [5.41, 5.74) is 8.46. The Hall–Kier alpha value is -1.56. The smallest absolute Gasteiger partial charge is 0.0179 e. The average molecular weight is 389 g/mol. The summed E-state index contributed by atoms with van der Waals surface area (Å²) in [6.45, 7) is 9.12. The maximum Gasteiger partial charge on any atom is -0.0179 e. The van der Waals surface area contributed by atoms with Crippen LogP contribution in [0.25, 0.3) is 11.1 Å². The maximum atomic E-state index is 2.44. The van der Waals surface area contributed by atoms with Crippen molar-refractivity contribution in [2.45, 2.75) is 85.5 Å². The molecule has 0 aromatic heterocycles. The summed E-state index contributed by atoms with van der Waals surface area (Å²) in [5.74, 6) is 3.98. The van der Waals surface area contributed by atoms with Crippen molar-refractivity contribution in [3.8, 4) is 11.1 Å². The lowest BCUT2D eigenvalue weighted by Crippen LogP contribution is -2.25. The summed E-state index contributed by atoms with van der Waals surface area (Å²) in [4.78, 5) is 0. The van der Waals surface area contributed by atoms with Gasteiger partial charge in [0.2, 0.25) is 0 Å². The summed E-state index contributed by atoms with van der Waals surface area (Å²) in [7, 11) is 0. The summed E-state index contributed by atoms with van der Waals surface area (Å²) < 4.78 is 0. The lowest BCUT2D eigenvalue weighted by Gasteiger charge is -2.37. The summed E-state index contributed by atoms with van der Waals surface area (Å²) in [6.07, 6.45) is 13.2. The van der Waals surface area contributed by atoms with Crippen LogP contribution in [0.5, 0.6) is 0 Å². The maximum absolute atomic E-state index is 2.44. The van der Waals surface area contributed by atoms with Gasteiger partial charge in [-0.15, -0.1) is 0 Å². The van der Waals surface area contributed by atoms with Gasteiger partial charge in [-0.3, -0.25) is 0 Å². The standard InChI is InChI=1S/C29H40/c1-20-5-11-26(12-6-20)27-13-7-24(8-14-27)19-25-9-15-28(16-10-25)29-17-21(2)23(4)22(3)18-29/h9-10,15-18,20,24,26-27H,5-8,11-14,19H2,1-4H3. The topological polar surface area (TPSA) is 0 Å². The molecule has 0 unspecified atom stereocenters. The van der Waals surface area contributed by atoms with Crippen LogP contribution in [-0.4, -0.2) is 0 Å². The largest absolute Gasteiger partial charge is 0.0625 e. The molecule has 0 spiro atoms. The molecule has 2 aromatic rings. The highest BCUT2D eigenvalue weighted by Gasteiger charge is 2.29. The quantitative estimate of drug-likeness (QED) is 0.493. The minimum Gasteiger partial charge on any atom is -0.0625 e. The molecule has 0 heteroatoms. The van der Waals surface area contributed by atoms with E-state index in [-0.39, 0.29) is 0 Å². The third-order valence-corrected chi connectivity index (χ3v) is 8.36. The first-order chi connectivity index (χ1) is 14.0. The second-order valence-electron chi connectivity index (χ2n) is 10.4. The van der Waals surface area contributed by atoms with Crippen molar-refractivity contribution >= 4 is 0 Å². The highest BCUT2D eigenvalue weighted by molar-refractivity contribution is 5.66. The summed E-state index contributed by atoms with van der Waals surface area (Å²) in [5, 5.41) is 0. The van der Waals surface area contributed by atoms with Gasteiger partial charge in [0.05, 0.1) is 0 Å². The van der Waals surface area contributed by atoms with Crippen molar-refractivity contribution in [1.82, 2.24) is 0 Å². The highest BCUT2D eigenvalue weighted by atomic mass is 14.3. The van der Waals surface area contributed by atoms with E-state index in [1.165, 1.54) is 91.2 Å². The van der Waals surface area contributed by atoms with Crippen molar-refractivity contribution in [3.63, 3.8) is 0 Å². The fraction of sp³-hybridized carbons (Fsp3) is 0.586. The van der Waals surface area contributed by atoms with Crippen LogP contribution in [0.2, 0.25) is 0 Å². The normalized spacial score (nSPS) is 27.7. The summed E-state index contributed by atoms with van der Waals surface area (Å²) in [6, 6.07) is 14.1. The molecule has 0 bridgehead atoms. The molecule has 0 heterocycles. The van der Waals surface area contributed by atoms with Crippen LogP contribution in [0.1, 0.15) is 80.5 Å². The van der Waals surface area contributed by atoms with Gasteiger partial charge in [0.25, 0.3) is 0 Å². The Morgan fingerprint density at radius 2 is 1.17 bits per heavy atom. The molecule has 0 atom stereocenters. The Labute approximate surface area is 179 Å². The fourth-order valence-corrected chi connectivity index (χ4v) is 5.99. The summed E-state index contributed by atoms with van der Waals surface area (Å²) >= 11 is 0. The van der Waals surface area contributed by atoms with E-state index in [1.54, 1.807) is 0 Å². The van der Waals surface area contributed by atoms with Gasteiger partial charge in [-0.25, -0.2) is 0 Å². The Morgan fingerprint density at radius 1 is 0.655 bits per heavy atom. The van der Waals surface area contributed by atoms with Crippen LogP contribution >= 0.6 is 0 Å². The van der Waals surface area contributed by atoms with E-state index in [0.717, 1.165) is 23.7 Å². The molecule has 0 nitrogen and oxygen atoms in total. The predicted octanol–water partition coefficient (Wildman–Crippen LogP) is 8.45. The Kier molecular flexibility index (Phi) is 6.47. The molecular weight excluding hydrogens is 348 g/mol. The van der Waals surface area contributed by atoms with Crippen LogP contribution in [0.15, 0.2) is 36.4 Å². The first kappa shape index (κ1) is 20.7. The lowest BCUT2D eigenvalue weighted by molar-refractivity contribution is 0.150. The van der Waals surface area contributed by atoms with Gasteiger partial charge in [-0.1, -0.05) is 56.2 Å². The number of hydrogen-bond donors (Lipinski definition) is 0. The monoisotopic (exact) mass is 388 g/mol. The second kappa shape index (κ2) is 9.07. The fourth-order valence-electron chi connectivity index (χ4n) is 5.99.